The third-order valence-corrected chi connectivity index (χ3v) is 5.38. The summed E-state index contributed by atoms with van der Waals surface area (Å²) in [6.45, 7) is 11.4. The molecule has 0 aromatic carbocycles. The smallest absolute Gasteiger partial charge is 0.0622 e. The number of hydrogen-bond donors (Lipinski definition) is 1. The van der Waals surface area contributed by atoms with Gasteiger partial charge in [-0.3, -0.25) is 0 Å². The van der Waals surface area contributed by atoms with Crippen LogP contribution in [-0.2, 0) is 4.74 Å². The third kappa shape index (κ3) is 3.96. The molecule has 20 heavy (non-hydrogen) atoms. The molecule has 1 aliphatic heterocycles. The largest absolute Gasteiger partial charge is 0.380 e. The lowest BCUT2D eigenvalue weighted by molar-refractivity contribution is 0.0707. The molecule has 1 aliphatic carbocycles. The van der Waals surface area contributed by atoms with Crippen molar-refractivity contribution in [1.29, 1.82) is 0 Å². The molecule has 0 amide bonds. The maximum Gasteiger partial charge on any atom is 0.0622 e. The molecule has 3 heteroatoms. The van der Waals surface area contributed by atoms with E-state index in [0.717, 1.165) is 25.7 Å². The van der Waals surface area contributed by atoms with E-state index < -0.39 is 0 Å². The molecule has 1 N–H and O–H groups in total. The maximum atomic E-state index is 5.54. The molecular formula is C17H34N2O. The second kappa shape index (κ2) is 7.24. The Morgan fingerprint density at radius 2 is 2.10 bits per heavy atom. The predicted molar refractivity (Wildman–Crippen MR) is 85.1 cm³/mol. The number of nitrogens with zero attached hydrogens (tertiary/aromatic N) is 1. The SMILES string of the molecule is CCCNC1C(CN(C)C2CCOC2)CCCC1(C)C. The summed E-state index contributed by atoms with van der Waals surface area (Å²) < 4.78 is 5.54. The molecule has 0 aromatic rings. The minimum atomic E-state index is 0.436. The van der Waals surface area contributed by atoms with E-state index >= 15 is 0 Å². The zero-order chi connectivity index (χ0) is 14.6. The van der Waals surface area contributed by atoms with Gasteiger partial charge in [-0.1, -0.05) is 27.2 Å². The van der Waals surface area contributed by atoms with Crippen molar-refractivity contribution in [2.24, 2.45) is 11.3 Å². The molecule has 2 aliphatic rings. The lowest BCUT2D eigenvalue weighted by atomic mass is 9.67. The highest BCUT2D eigenvalue weighted by Crippen LogP contribution is 2.39. The summed E-state index contributed by atoms with van der Waals surface area (Å²) in [6, 6.07) is 1.31. The molecule has 3 atom stereocenters. The summed E-state index contributed by atoms with van der Waals surface area (Å²) in [4.78, 5) is 2.56. The summed E-state index contributed by atoms with van der Waals surface area (Å²) in [6.07, 6.45) is 6.56. The van der Waals surface area contributed by atoms with E-state index in [2.05, 4.69) is 38.0 Å². The van der Waals surface area contributed by atoms with Crippen LogP contribution in [0.15, 0.2) is 0 Å². The normalized spacial score (nSPS) is 33.8. The topological polar surface area (TPSA) is 24.5 Å². The Morgan fingerprint density at radius 3 is 2.75 bits per heavy atom. The Labute approximate surface area is 125 Å². The minimum Gasteiger partial charge on any atom is -0.380 e. The van der Waals surface area contributed by atoms with Crippen LogP contribution in [0.25, 0.3) is 0 Å². The average Bonchev–Trinajstić information content (AvgIpc) is 2.91. The third-order valence-electron chi connectivity index (χ3n) is 5.38. The van der Waals surface area contributed by atoms with Crippen LogP contribution in [0.3, 0.4) is 0 Å². The van der Waals surface area contributed by atoms with Crippen LogP contribution in [0.5, 0.6) is 0 Å². The fourth-order valence-corrected chi connectivity index (χ4v) is 4.11. The number of likely N-dealkylation sites (N-methyl/N-ethyl adjacent to an activating group) is 1. The Balaban J connectivity index is 1.95. The average molecular weight is 282 g/mol. The van der Waals surface area contributed by atoms with Gasteiger partial charge in [-0.25, -0.2) is 0 Å². The van der Waals surface area contributed by atoms with Crippen LogP contribution in [0, 0.1) is 11.3 Å². The van der Waals surface area contributed by atoms with Gasteiger partial charge in [-0.05, 0) is 50.6 Å². The highest BCUT2D eigenvalue weighted by Gasteiger charge is 2.39. The second-order valence-electron chi connectivity index (χ2n) is 7.53. The summed E-state index contributed by atoms with van der Waals surface area (Å²) in [7, 11) is 2.29. The van der Waals surface area contributed by atoms with E-state index in [1.807, 2.05) is 0 Å². The zero-order valence-corrected chi connectivity index (χ0v) is 14.0. The van der Waals surface area contributed by atoms with E-state index in [1.165, 1.54) is 38.6 Å². The molecule has 0 radical (unpaired) electrons. The zero-order valence-electron chi connectivity index (χ0n) is 14.0. The molecule has 2 rings (SSSR count). The van der Waals surface area contributed by atoms with Gasteiger partial charge in [0.05, 0.1) is 6.61 Å². The Morgan fingerprint density at radius 1 is 1.30 bits per heavy atom. The summed E-state index contributed by atoms with van der Waals surface area (Å²) in [5.41, 5.74) is 0.436. The standard InChI is InChI=1S/C17H34N2O/c1-5-10-18-16-14(7-6-9-17(16,2)3)12-19(4)15-8-11-20-13-15/h14-16,18H,5-13H2,1-4H3. The number of ether oxygens (including phenoxy) is 1. The molecule has 3 unspecified atom stereocenters. The first-order valence-corrected chi connectivity index (χ1v) is 8.56. The van der Waals surface area contributed by atoms with Gasteiger partial charge in [0.2, 0.25) is 0 Å². The first kappa shape index (κ1) is 16.3. The Hall–Kier alpha value is -0.120. The fraction of sp³-hybridized carbons (Fsp3) is 1.00. The van der Waals surface area contributed by atoms with Crippen molar-refractivity contribution in [2.45, 2.75) is 65.0 Å². The van der Waals surface area contributed by atoms with Crippen molar-refractivity contribution in [3.8, 4) is 0 Å². The second-order valence-corrected chi connectivity index (χ2v) is 7.53. The van der Waals surface area contributed by atoms with Crippen LogP contribution in [0.2, 0.25) is 0 Å². The lowest BCUT2D eigenvalue weighted by Crippen LogP contribution is -2.53. The quantitative estimate of drug-likeness (QED) is 0.811. The van der Waals surface area contributed by atoms with Crippen molar-refractivity contribution < 1.29 is 4.74 Å². The lowest BCUT2D eigenvalue weighted by Gasteiger charge is -2.46. The van der Waals surface area contributed by atoms with Crippen LogP contribution in [0.4, 0.5) is 0 Å². The predicted octanol–water partition coefficient (Wildman–Crippen LogP) is 2.90. The van der Waals surface area contributed by atoms with Gasteiger partial charge >= 0.3 is 0 Å². The fourth-order valence-electron chi connectivity index (χ4n) is 4.11. The van der Waals surface area contributed by atoms with Crippen LogP contribution < -0.4 is 5.32 Å². The van der Waals surface area contributed by atoms with Gasteiger partial charge in [0.25, 0.3) is 0 Å². The van der Waals surface area contributed by atoms with Crippen LogP contribution in [-0.4, -0.2) is 50.3 Å². The molecule has 3 nitrogen and oxygen atoms in total. The number of nitrogens with one attached hydrogen (secondary N) is 1. The first-order valence-electron chi connectivity index (χ1n) is 8.56. The minimum absolute atomic E-state index is 0.436. The van der Waals surface area contributed by atoms with Crippen molar-refractivity contribution in [1.82, 2.24) is 10.2 Å². The highest BCUT2D eigenvalue weighted by atomic mass is 16.5. The van der Waals surface area contributed by atoms with Gasteiger partial charge < -0.3 is 15.0 Å². The van der Waals surface area contributed by atoms with Gasteiger partial charge in [-0.2, -0.15) is 0 Å². The first-order chi connectivity index (χ1) is 9.54. The molecule has 1 heterocycles. The van der Waals surface area contributed by atoms with E-state index in [0.29, 0.717) is 17.5 Å². The number of hydrogen-bond acceptors (Lipinski definition) is 3. The van der Waals surface area contributed by atoms with Crippen LogP contribution in [0.1, 0.15) is 52.9 Å². The van der Waals surface area contributed by atoms with Crippen LogP contribution >= 0.6 is 0 Å². The van der Waals surface area contributed by atoms with Crippen molar-refractivity contribution >= 4 is 0 Å². The molecule has 0 aromatic heterocycles. The Bertz CT molecular complexity index is 287. The number of rotatable bonds is 6. The summed E-state index contributed by atoms with van der Waals surface area (Å²) >= 11 is 0. The van der Waals surface area contributed by atoms with Gasteiger partial charge in [-0.15, -0.1) is 0 Å². The summed E-state index contributed by atoms with van der Waals surface area (Å²) in [5, 5.41) is 3.85. The van der Waals surface area contributed by atoms with E-state index in [9.17, 15) is 0 Å². The molecular weight excluding hydrogens is 248 g/mol. The van der Waals surface area contributed by atoms with Gasteiger partial charge in [0, 0.05) is 25.2 Å². The maximum absolute atomic E-state index is 5.54. The highest BCUT2D eigenvalue weighted by molar-refractivity contribution is 4.94. The molecule has 2 fully saturated rings. The van der Waals surface area contributed by atoms with E-state index in [4.69, 9.17) is 4.74 Å². The molecule has 0 spiro atoms. The Kier molecular flexibility index (Phi) is 5.88. The summed E-state index contributed by atoms with van der Waals surface area (Å²) in [5.74, 6) is 0.788. The molecule has 1 saturated carbocycles. The molecule has 0 bridgehead atoms. The van der Waals surface area contributed by atoms with Crippen molar-refractivity contribution in [3.05, 3.63) is 0 Å². The molecule has 1 saturated heterocycles. The van der Waals surface area contributed by atoms with Gasteiger partial charge in [0.1, 0.15) is 0 Å². The van der Waals surface area contributed by atoms with Gasteiger partial charge in [0.15, 0.2) is 0 Å². The van der Waals surface area contributed by atoms with E-state index in [-0.39, 0.29) is 0 Å². The monoisotopic (exact) mass is 282 g/mol. The molecule has 118 valence electrons. The van der Waals surface area contributed by atoms with Crippen molar-refractivity contribution in [3.63, 3.8) is 0 Å². The van der Waals surface area contributed by atoms with E-state index in [1.54, 1.807) is 0 Å². The van der Waals surface area contributed by atoms with Crippen molar-refractivity contribution in [2.75, 3.05) is 33.4 Å².